The Kier molecular flexibility index (Phi) is 10.1. The molecule has 188 valence electrons. The van der Waals surface area contributed by atoms with Crippen LogP contribution in [0.3, 0.4) is 0 Å². The van der Waals surface area contributed by atoms with Crippen LogP contribution < -0.4 is 10.6 Å². The standard InChI is InChI=1S/C26H39N3O5/c1-6-18-12-11-13-19(16-18)22(23(31)27-20-14-9-8-10-15-20)29(7-2)24(32)21(17-30)28-25(33)34-26(3,4)5/h6,11-13,16,20-22,30H,1,7-10,14-15,17H2,2-5H3,(H,27,31)(H,28,33). The van der Waals surface area contributed by atoms with Crippen molar-refractivity contribution in [3.63, 3.8) is 0 Å². The van der Waals surface area contributed by atoms with Crippen molar-refractivity contribution < 1.29 is 24.2 Å². The molecule has 0 heterocycles. The number of hydrogen-bond donors (Lipinski definition) is 3. The molecular weight excluding hydrogens is 434 g/mol. The molecule has 0 aromatic heterocycles. The second-order valence-electron chi connectivity index (χ2n) is 9.63. The van der Waals surface area contributed by atoms with Crippen LogP contribution in [-0.4, -0.2) is 58.8 Å². The molecule has 0 radical (unpaired) electrons. The predicted molar refractivity (Wildman–Crippen MR) is 132 cm³/mol. The Hall–Kier alpha value is -2.87. The maximum Gasteiger partial charge on any atom is 0.408 e. The van der Waals surface area contributed by atoms with Crippen molar-refractivity contribution in [3.8, 4) is 0 Å². The van der Waals surface area contributed by atoms with Crippen molar-refractivity contribution in [1.29, 1.82) is 0 Å². The minimum absolute atomic E-state index is 0.0636. The molecule has 8 nitrogen and oxygen atoms in total. The topological polar surface area (TPSA) is 108 Å². The zero-order valence-corrected chi connectivity index (χ0v) is 20.8. The highest BCUT2D eigenvalue weighted by molar-refractivity contribution is 5.92. The van der Waals surface area contributed by atoms with Crippen LogP contribution in [0, 0.1) is 0 Å². The number of nitrogens with zero attached hydrogens (tertiary/aromatic N) is 1. The SMILES string of the molecule is C=Cc1cccc(C(C(=O)NC2CCCCC2)N(CC)C(=O)C(CO)NC(=O)OC(C)(C)C)c1. The minimum atomic E-state index is -1.25. The second-order valence-corrected chi connectivity index (χ2v) is 9.63. The molecule has 1 aliphatic rings. The van der Waals surface area contributed by atoms with E-state index in [-0.39, 0.29) is 18.5 Å². The number of amides is 3. The first-order valence-electron chi connectivity index (χ1n) is 12.0. The van der Waals surface area contributed by atoms with Gasteiger partial charge in [-0.2, -0.15) is 0 Å². The number of alkyl carbamates (subject to hydrolysis) is 1. The minimum Gasteiger partial charge on any atom is -0.444 e. The van der Waals surface area contributed by atoms with E-state index in [1.54, 1.807) is 39.8 Å². The second kappa shape index (κ2) is 12.6. The number of carbonyl (C=O) groups is 3. The Morgan fingerprint density at radius 3 is 2.47 bits per heavy atom. The van der Waals surface area contributed by atoms with Crippen LogP contribution >= 0.6 is 0 Å². The van der Waals surface area contributed by atoms with Crippen LogP contribution in [0.4, 0.5) is 4.79 Å². The molecule has 0 aliphatic heterocycles. The number of hydrogen-bond acceptors (Lipinski definition) is 5. The van der Waals surface area contributed by atoms with E-state index in [9.17, 15) is 19.5 Å². The summed E-state index contributed by atoms with van der Waals surface area (Å²) >= 11 is 0. The van der Waals surface area contributed by atoms with E-state index in [0.29, 0.717) is 5.56 Å². The Morgan fingerprint density at radius 2 is 1.91 bits per heavy atom. The zero-order valence-electron chi connectivity index (χ0n) is 20.8. The van der Waals surface area contributed by atoms with E-state index in [4.69, 9.17) is 4.74 Å². The summed E-state index contributed by atoms with van der Waals surface area (Å²) in [5.41, 5.74) is 0.697. The quantitative estimate of drug-likeness (QED) is 0.508. The van der Waals surface area contributed by atoms with Gasteiger partial charge in [0.1, 0.15) is 17.7 Å². The summed E-state index contributed by atoms with van der Waals surface area (Å²) in [6.07, 6.45) is 5.96. The third-order valence-corrected chi connectivity index (χ3v) is 5.77. The highest BCUT2D eigenvalue weighted by atomic mass is 16.6. The lowest BCUT2D eigenvalue weighted by Crippen LogP contribution is -2.55. The van der Waals surface area contributed by atoms with E-state index in [2.05, 4.69) is 17.2 Å². The molecule has 0 saturated heterocycles. The maximum absolute atomic E-state index is 13.5. The molecule has 1 aromatic carbocycles. The van der Waals surface area contributed by atoms with Gasteiger partial charge < -0.3 is 25.4 Å². The molecule has 0 bridgehead atoms. The summed E-state index contributed by atoms with van der Waals surface area (Å²) in [6.45, 7) is 10.3. The first-order valence-corrected chi connectivity index (χ1v) is 12.0. The highest BCUT2D eigenvalue weighted by Crippen LogP contribution is 2.25. The highest BCUT2D eigenvalue weighted by Gasteiger charge is 2.36. The van der Waals surface area contributed by atoms with Crippen molar-refractivity contribution in [3.05, 3.63) is 42.0 Å². The van der Waals surface area contributed by atoms with Crippen LogP contribution in [-0.2, 0) is 14.3 Å². The number of aliphatic hydroxyl groups is 1. The number of benzene rings is 1. The average molecular weight is 474 g/mol. The van der Waals surface area contributed by atoms with Crippen molar-refractivity contribution in [2.45, 2.75) is 83.5 Å². The van der Waals surface area contributed by atoms with Crippen molar-refractivity contribution in [2.75, 3.05) is 13.2 Å². The molecule has 2 unspecified atom stereocenters. The van der Waals surface area contributed by atoms with Crippen LogP contribution in [0.15, 0.2) is 30.8 Å². The van der Waals surface area contributed by atoms with Gasteiger partial charge in [0, 0.05) is 12.6 Å². The third kappa shape index (κ3) is 7.87. The fraction of sp³-hybridized carbons (Fsp3) is 0.577. The van der Waals surface area contributed by atoms with Crippen LogP contribution in [0.2, 0.25) is 0 Å². The van der Waals surface area contributed by atoms with Crippen molar-refractivity contribution in [1.82, 2.24) is 15.5 Å². The molecule has 8 heteroatoms. The number of nitrogens with one attached hydrogen (secondary N) is 2. The first-order chi connectivity index (χ1) is 16.1. The number of ether oxygens (including phenoxy) is 1. The molecule has 2 atom stereocenters. The van der Waals surface area contributed by atoms with Gasteiger partial charge in [-0.05, 0) is 57.7 Å². The monoisotopic (exact) mass is 473 g/mol. The molecule has 1 fully saturated rings. The van der Waals surface area contributed by atoms with E-state index in [1.807, 2.05) is 18.2 Å². The molecule has 34 heavy (non-hydrogen) atoms. The normalized spacial score (nSPS) is 16.1. The van der Waals surface area contributed by atoms with Gasteiger partial charge in [0.15, 0.2) is 0 Å². The molecular formula is C26H39N3O5. The van der Waals surface area contributed by atoms with Crippen LogP contribution in [0.5, 0.6) is 0 Å². The Labute approximate surface area is 202 Å². The van der Waals surface area contributed by atoms with Crippen LogP contribution in [0.1, 0.15) is 77.0 Å². The molecule has 1 aromatic rings. The summed E-state index contributed by atoms with van der Waals surface area (Å²) in [5, 5.41) is 15.4. The number of carbonyl (C=O) groups excluding carboxylic acids is 3. The van der Waals surface area contributed by atoms with Gasteiger partial charge >= 0.3 is 6.09 Å². The van der Waals surface area contributed by atoms with Gasteiger partial charge in [-0.25, -0.2) is 4.79 Å². The molecule has 0 spiro atoms. The largest absolute Gasteiger partial charge is 0.444 e. The predicted octanol–water partition coefficient (Wildman–Crippen LogP) is 3.55. The van der Waals surface area contributed by atoms with Gasteiger partial charge in [-0.1, -0.05) is 50.1 Å². The van der Waals surface area contributed by atoms with Crippen molar-refractivity contribution in [2.24, 2.45) is 0 Å². The van der Waals surface area contributed by atoms with Gasteiger partial charge in [0.25, 0.3) is 0 Å². The summed E-state index contributed by atoms with van der Waals surface area (Å²) < 4.78 is 5.23. The summed E-state index contributed by atoms with van der Waals surface area (Å²) in [6, 6.07) is 5.19. The summed E-state index contributed by atoms with van der Waals surface area (Å²) in [5.74, 6) is -0.846. The van der Waals surface area contributed by atoms with Gasteiger partial charge in [-0.15, -0.1) is 0 Å². The lowest BCUT2D eigenvalue weighted by molar-refractivity contribution is -0.143. The van der Waals surface area contributed by atoms with Gasteiger partial charge in [0.05, 0.1) is 6.61 Å². The Balaban J connectivity index is 2.34. The molecule has 1 aliphatic carbocycles. The number of aliphatic hydroxyl groups excluding tert-OH is 1. The van der Waals surface area contributed by atoms with E-state index in [0.717, 1.165) is 37.7 Å². The fourth-order valence-corrected chi connectivity index (χ4v) is 4.16. The molecule has 2 rings (SSSR count). The lowest BCUT2D eigenvalue weighted by Gasteiger charge is -2.34. The Bertz CT molecular complexity index is 858. The lowest BCUT2D eigenvalue weighted by atomic mass is 9.94. The van der Waals surface area contributed by atoms with Crippen molar-refractivity contribution >= 4 is 24.0 Å². The summed E-state index contributed by atoms with van der Waals surface area (Å²) in [4.78, 5) is 40.6. The first kappa shape index (κ1) is 27.4. The average Bonchev–Trinajstić information content (AvgIpc) is 2.79. The number of rotatable bonds is 9. The van der Waals surface area contributed by atoms with E-state index in [1.165, 1.54) is 4.90 Å². The fourth-order valence-electron chi connectivity index (χ4n) is 4.16. The van der Waals surface area contributed by atoms with Crippen LogP contribution in [0.25, 0.3) is 6.08 Å². The van der Waals surface area contributed by atoms with Gasteiger partial charge in [-0.3, -0.25) is 9.59 Å². The van der Waals surface area contributed by atoms with E-state index < -0.39 is 36.3 Å². The number of likely N-dealkylation sites (N-methyl/N-ethyl adjacent to an activating group) is 1. The molecule has 3 amide bonds. The smallest absolute Gasteiger partial charge is 0.408 e. The van der Waals surface area contributed by atoms with Gasteiger partial charge in [0.2, 0.25) is 11.8 Å². The van der Waals surface area contributed by atoms with E-state index >= 15 is 0 Å². The molecule has 1 saturated carbocycles. The molecule has 3 N–H and O–H groups in total. The Morgan fingerprint density at radius 1 is 1.24 bits per heavy atom. The zero-order chi connectivity index (χ0) is 25.3. The summed E-state index contributed by atoms with van der Waals surface area (Å²) in [7, 11) is 0. The third-order valence-electron chi connectivity index (χ3n) is 5.77. The maximum atomic E-state index is 13.5.